The van der Waals surface area contributed by atoms with E-state index in [-0.39, 0.29) is 29.8 Å². The molecule has 1 aliphatic carbocycles. The number of aryl methyl sites for hydroxylation is 1. The number of amides is 2. The maximum Gasteiger partial charge on any atom is 0.244 e. The Labute approximate surface area is 224 Å². The summed E-state index contributed by atoms with van der Waals surface area (Å²) in [5.41, 5.74) is 4.66. The van der Waals surface area contributed by atoms with Crippen molar-refractivity contribution < 1.29 is 14.3 Å². The zero-order valence-corrected chi connectivity index (χ0v) is 22.4. The van der Waals surface area contributed by atoms with Gasteiger partial charge in [0.2, 0.25) is 11.8 Å². The van der Waals surface area contributed by atoms with Gasteiger partial charge < -0.3 is 20.3 Å². The van der Waals surface area contributed by atoms with Gasteiger partial charge in [0.15, 0.2) is 5.88 Å². The molecular formula is C31H36N4O3. The summed E-state index contributed by atoms with van der Waals surface area (Å²) in [5, 5.41) is 15.8. The molecule has 4 atom stereocenters. The number of piperidine rings is 1. The van der Waals surface area contributed by atoms with E-state index in [2.05, 4.69) is 35.4 Å². The molecule has 2 heterocycles. The van der Waals surface area contributed by atoms with E-state index < -0.39 is 11.6 Å². The van der Waals surface area contributed by atoms with Crippen LogP contribution in [0, 0.1) is 17.2 Å². The van der Waals surface area contributed by atoms with E-state index >= 15 is 0 Å². The molecular weight excluding hydrogens is 476 g/mol. The molecule has 5 rings (SSSR count). The Morgan fingerprint density at radius 1 is 1.18 bits per heavy atom. The number of benzene rings is 2. The number of anilines is 1. The van der Waals surface area contributed by atoms with Gasteiger partial charge in [-0.2, -0.15) is 5.26 Å². The van der Waals surface area contributed by atoms with E-state index in [1.165, 1.54) is 0 Å². The Kier molecular flexibility index (Phi) is 6.92. The van der Waals surface area contributed by atoms with Crippen LogP contribution in [0.25, 0.3) is 11.1 Å². The highest BCUT2D eigenvalue weighted by atomic mass is 16.5. The molecule has 3 aliphatic rings. The van der Waals surface area contributed by atoms with Gasteiger partial charge in [-0.1, -0.05) is 36.4 Å². The molecule has 0 radical (unpaired) electrons. The average molecular weight is 513 g/mol. The lowest BCUT2D eigenvalue weighted by atomic mass is 9.96. The van der Waals surface area contributed by atoms with E-state index in [9.17, 15) is 14.9 Å². The summed E-state index contributed by atoms with van der Waals surface area (Å²) in [4.78, 5) is 27.2. The monoisotopic (exact) mass is 512 g/mol. The summed E-state index contributed by atoms with van der Waals surface area (Å²) in [6.07, 6.45) is 4.70. The fourth-order valence-electron chi connectivity index (χ4n) is 6.10. The molecule has 7 nitrogen and oxygen atoms in total. The number of hydrogen-bond donors (Lipinski definition) is 2. The third-order valence-electron chi connectivity index (χ3n) is 7.77. The Morgan fingerprint density at radius 3 is 2.63 bits per heavy atom. The van der Waals surface area contributed by atoms with Crippen molar-refractivity contribution in [2.45, 2.75) is 83.0 Å². The predicted octanol–water partition coefficient (Wildman–Crippen LogP) is 4.93. The van der Waals surface area contributed by atoms with E-state index in [0.717, 1.165) is 53.6 Å². The Morgan fingerprint density at radius 2 is 1.92 bits per heavy atom. The van der Waals surface area contributed by atoms with Gasteiger partial charge >= 0.3 is 0 Å². The van der Waals surface area contributed by atoms with Gasteiger partial charge in [-0.25, -0.2) is 0 Å². The Bertz CT molecular complexity index is 1290. The first-order chi connectivity index (χ1) is 18.1. The summed E-state index contributed by atoms with van der Waals surface area (Å²) >= 11 is 0. The number of nitrogens with zero attached hydrogens (tertiary/aromatic N) is 2. The summed E-state index contributed by atoms with van der Waals surface area (Å²) < 4.78 is 6.03. The van der Waals surface area contributed by atoms with Crippen LogP contribution < -0.4 is 10.6 Å². The summed E-state index contributed by atoms with van der Waals surface area (Å²) in [6, 6.07) is 15.7. The second kappa shape index (κ2) is 10.2. The highest BCUT2D eigenvalue weighted by Gasteiger charge is 2.50. The number of rotatable bonds is 7. The van der Waals surface area contributed by atoms with Gasteiger partial charge in [0, 0.05) is 24.6 Å². The van der Waals surface area contributed by atoms with Crippen LogP contribution in [0.4, 0.5) is 5.69 Å². The number of carbonyl (C=O) groups is 2. The molecule has 2 amide bonds. The molecule has 2 bridgehead atoms. The lowest BCUT2D eigenvalue weighted by molar-refractivity contribution is -0.130. The summed E-state index contributed by atoms with van der Waals surface area (Å²) in [7, 11) is 0. The van der Waals surface area contributed by atoms with Crippen molar-refractivity contribution in [3.05, 3.63) is 66.1 Å². The molecule has 2 aromatic rings. The highest BCUT2D eigenvalue weighted by molar-refractivity contribution is 5.94. The zero-order valence-electron chi connectivity index (χ0n) is 22.4. The molecule has 1 saturated heterocycles. The minimum Gasteiger partial charge on any atom is -0.474 e. The molecule has 38 heavy (non-hydrogen) atoms. The van der Waals surface area contributed by atoms with Crippen LogP contribution >= 0.6 is 0 Å². The number of likely N-dealkylation sites (tertiary alicyclic amines) is 1. The average Bonchev–Trinajstić information content (AvgIpc) is 3.49. The minimum absolute atomic E-state index is 0.0502. The quantitative estimate of drug-likeness (QED) is 0.513. The van der Waals surface area contributed by atoms with Gasteiger partial charge in [0.1, 0.15) is 17.7 Å². The van der Waals surface area contributed by atoms with Crippen molar-refractivity contribution in [3.8, 4) is 17.2 Å². The standard InChI is InChI=1S/C31H36N4O3/c1-19(38-31(2,3)4)35-26-13-11-24(16-26)29(35)30(37)33-25(18-32)15-20-5-7-21(8-6-20)23-10-9-22-12-14-28(36)34-27(22)17-23/h5-10,17,24-26,29H,1,11-16H2,2-4H3,(H,33,37)(H,34,36)/t24-,25-,26+,29-/m0/s1. The van der Waals surface area contributed by atoms with Crippen LogP contribution in [0.3, 0.4) is 0 Å². The molecule has 2 aliphatic heterocycles. The lowest BCUT2D eigenvalue weighted by Crippen LogP contribution is -2.52. The first kappa shape index (κ1) is 25.8. The molecule has 7 heteroatoms. The van der Waals surface area contributed by atoms with E-state index in [1.807, 2.05) is 56.0 Å². The zero-order chi connectivity index (χ0) is 27.0. The normalized spacial score (nSPS) is 22.7. The Balaban J connectivity index is 1.24. The largest absolute Gasteiger partial charge is 0.474 e. The van der Waals surface area contributed by atoms with Crippen LogP contribution in [-0.2, 0) is 27.2 Å². The molecule has 1 saturated carbocycles. The lowest BCUT2D eigenvalue weighted by Gasteiger charge is -2.39. The van der Waals surface area contributed by atoms with Crippen molar-refractivity contribution in [1.82, 2.24) is 10.2 Å². The molecule has 0 spiro atoms. The second-order valence-corrected chi connectivity index (χ2v) is 11.7. The first-order valence-electron chi connectivity index (χ1n) is 13.5. The van der Waals surface area contributed by atoms with Crippen LogP contribution in [-0.4, -0.2) is 40.4 Å². The maximum absolute atomic E-state index is 13.4. The van der Waals surface area contributed by atoms with Crippen LogP contribution in [0.5, 0.6) is 0 Å². The number of ether oxygens (including phenoxy) is 1. The topological polar surface area (TPSA) is 94.5 Å². The predicted molar refractivity (Wildman–Crippen MR) is 147 cm³/mol. The number of carbonyl (C=O) groups excluding carboxylic acids is 2. The molecule has 0 aromatic heterocycles. The third kappa shape index (κ3) is 5.40. The van der Waals surface area contributed by atoms with Crippen molar-refractivity contribution in [2.75, 3.05) is 5.32 Å². The van der Waals surface area contributed by atoms with E-state index in [1.54, 1.807) is 0 Å². The SMILES string of the molecule is C=C(OC(C)(C)C)N1[C@@H]2CC[C@@H](C2)[C@H]1C(=O)N[C@H](C#N)Cc1ccc(-c2ccc3c(c2)NC(=O)CC3)cc1. The van der Waals surface area contributed by atoms with Gasteiger partial charge in [0.25, 0.3) is 0 Å². The number of nitriles is 1. The smallest absolute Gasteiger partial charge is 0.244 e. The fourth-order valence-corrected chi connectivity index (χ4v) is 6.10. The van der Waals surface area contributed by atoms with Gasteiger partial charge in [-0.3, -0.25) is 9.59 Å². The fraction of sp³-hybridized carbons (Fsp3) is 0.452. The summed E-state index contributed by atoms with van der Waals surface area (Å²) in [6.45, 7) is 10.1. The molecule has 2 fully saturated rings. The van der Waals surface area contributed by atoms with E-state index in [4.69, 9.17) is 4.74 Å². The molecule has 0 unspecified atom stereocenters. The number of fused-ring (bicyclic) bond motifs is 3. The number of nitrogens with one attached hydrogen (secondary N) is 2. The second-order valence-electron chi connectivity index (χ2n) is 11.7. The molecule has 198 valence electrons. The van der Waals surface area contributed by atoms with Gasteiger partial charge in [-0.05, 0) is 87.3 Å². The maximum atomic E-state index is 13.4. The summed E-state index contributed by atoms with van der Waals surface area (Å²) in [5.74, 6) is 0.709. The molecule has 2 N–H and O–H groups in total. The van der Waals surface area contributed by atoms with Crippen LogP contribution in [0.2, 0.25) is 0 Å². The van der Waals surface area contributed by atoms with Crippen LogP contribution in [0.15, 0.2) is 54.9 Å². The minimum atomic E-state index is -0.634. The van der Waals surface area contributed by atoms with Crippen molar-refractivity contribution in [3.63, 3.8) is 0 Å². The van der Waals surface area contributed by atoms with Gasteiger partial charge in [0.05, 0.1) is 6.07 Å². The van der Waals surface area contributed by atoms with Crippen molar-refractivity contribution in [2.24, 2.45) is 5.92 Å². The highest BCUT2D eigenvalue weighted by Crippen LogP contribution is 2.45. The van der Waals surface area contributed by atoms with Gasteiger partial charge in [-0.15, -0.1) is 0 Å². The molecule has 2 aromatic carbocycles. The van der Waals surface area contributed by atoms with Crippen molar-refractivity contribution >= 4 is 17.5 Å². The van der Waals surface area contributed by atoms with E-state index in [0.29, 0.717) is 18.7 Å². The first-order valence-corrected chi connectivity index (χ1v) is 13.5. The number of hydrogen-bond acceptors (Lipinski definition) is 5. The van der Waals surface area contributed by atoms with Crippen molar-refractivity contribution in [1.29, 1.82) is 5.26 Å². The van der Waals surface area contributed by atoms with Crippen LogP contribution in [0.1, 0.15) is 57.6 Å². The third-order valence-corrected chi connectivity index (χ3v) is 7.77. The Hall–Kier alpha value is -3.79.